The van der Waals surface area contributed by atoms with Crippen LogP contribution in [0.4, 0.5) is 0 Å². The third-order valence-corrected chi connectivity index (χ3v) is 4.69. The maximum Gasteiger partial charge on any atom is 0.261 e. The van der Waals surface area contributed by atoms with Crippen LogP contribution in [0.3, 0.4) is 0 Å². The van der Waals surface area contributed by atoms with E-state index in [1.807, 2.05) is 67.6 Å². The summed E-state index contributed by atoms with van der Waals surface area (Å²) in [4.78, 5) is 29.3. The number of amides is 1. The number of benzene rings is 3. The molecule has 4 rings (SSSR count). The third kappa shape index (κ3) is 4.27. The standard InChI is InChI=1S/C23H21N3O3/c1-16-5-4-8-19(11-16)29-10-9-24-22(27)14-26-15-25-21-13-18-7-3-2-6-17(18)12-20(21)23(26)28/h2-8,11-13,15H,9-10,14H2,1H3,(H,24,27). The molecule has 1 amide bonds. The minimum atomic E-state index is -0.262. The Morgan fingerprint density at radius 2 is 1.86 bits per heavy atom. The maximum atomic E-state index is 12.8. The molecule has 1 heterocycles. The molecule has 0 saturated heterocycles. The van der Waals surface area contributed by atoms with E-state index >= 15 is 0 Å². The second-order valence-corrected chi connectivity index (χ2v) is 6.91. The maximum absolute atomic E-state index is 12.8. The predicted octanol–water partition coefficient (Wildman–Crippen LogP) is 3.05. The number of rotatable bonds is 6. The summed E-state index contributed by atoms with van der Waals surface area (Å²) in [6, 6.07) is 19.2. The summed E-state index contributed by atoms with van der Waals surface area (Å²) < 4.78 is 6.94. The van der Waals surface area contributed by atoms with Crippen LogP contribution in [0.2, 0.25) is 0 Å². The van der Waals surface area contributed by atoms with Crippen LogP contribution in [0.5, 0.6) is 5.75 Å². The van der Waals surface area contributed by atoms with Crippen molar-refractivity contribution in [2.24, 2.45) is 0 Å². The highest BCUT2D eigenvalue weighted by Crippen LogP contribution is 2.18. The Balaban J connectivity index is 1.40. The van der Waals surface area contributed by atoms with Crippen LogP contribution in [-0.4, -0.2) is 28.6 Å². The van der Waals surface area contributed by atoms with E-state index in [-0.39, 0.29) is 18.0 Å². The highest BCUT2D eigenvalue weighted by Gasteiger charge is 2.09. The second-order valence-electron chi connectivity index (χ2n) is 6.91. The molecule has 6 heteroatoms. The quantitative estimate of drug-likeness (QED) is 0.408. The molecule has 0 aliphatic rings. The number of carbonyl (C=O) groups excluding carboxylic acids is 1. The van der Waals surface area contributed by atoms with Gasteiger partial charge >= 0.3 is 0 Å². The Morgan fingerprint density at radius 1 is 1.07 bits per heavy atom. The van der Waals surface area contributed by atoms with Crippen molar-refractivity contribution < 1.29 is 9.53 Å². The van der Waals surface area contributed by atoms with Crippen LogP contribution in [0.15, 0.2) is 71.8 Å². The fraction of sp³-hybridized carbons (Fsp3) is 0.174. The van der Waals surface area contributed by atoms with E-state index in [9.17, 15) is 9.59 Å². The number of aryl methyl sites for hydroxylation is 1. The van der Waals surface area contributed by atoms with Gasteiger partial charge in [0.15, 0.2) is 0 Å². The summed E-state index contributed by atoms with van der Waals surface area (Å²) in [5.74, 6) is 0.503. The molecule has 0 fully saturated rings. The molecule has 1 N–H and O–H groups in total. The van der Waals surface area contributed by atoms with Crippen LogP contribution in [0.25, 0.3) is 21.7 Å². The molecule has 0 aliphatic heterocycles. The Morgan fingerprint density at radius 3 is 2.66 bits per heavy atom. The van der Waals surface area contributed by atoms with Crippen LogP contribution in [0, 0.1) is 6.92 Å². The van der Waals surface area contributed by atoms with E-state index in [4.69, 9.17) is 4.74 Å². The van der Waals surface area contributed by atoms with Crippen molar-refractivity contribution in [3.8, 4) is 5.75 Å². The molecule has 0 atom stereocenters. The fourth-order valence-electron chi connectivity index (χ4n) is 3.23. The van der Waals surface area contributed by atoms with Gasteiger partial charge in [-0.3, -0.25) is 14.2 Å². The van der Waals surface area contributed by atoms with E-state index in [0.717, 1.165) is 22.1 Å². The molecule has 0 radical (unpaired) electrons. The third-order valence-electron chi connectivity index (χ3n) is 4.69. The van der Waals surface area contributed by atoms with Crippen LogP contribution in [-0.2, 0) is 11.3 Å². The molecule has 0 spiro atoms. The molecule has 0 saturated carbocycles. The van der Waals surface area contributed by atoms with Gasteiger partial charge in [-0.15, -0.1) is 0 Å². The summed E-state index contributed by atoms with van der Waals surface area (Å²) in [5.41, 5.74) is 1.51. The molecule has 146 valence electrons. The van der Waals surface area contributed by atoms with Gasteiger partial charge in [0.25, 0.3) is 5.56 Å². The number of carbonyl (C=O) groups is 1. The molecule has 6 nitrogen and oxygen atoms in total. The number of nitrogens with one attached hydrogen (secondary N) is 1. The van der Waals surface area contributed by atoms with Gasteiger partial charge in [-0.2, -0.15) is 0 Å². The molecule has 0 bridgehead atoms. The number of fused-ring (bicyclic) bond motifs is 2. The summed E-state index contributed by atoms with van der Waals surface area (Å²) in [5, 5.41) is 5.26. The fourth-order valence-corrected chi connectivity index (χ4v) is 3.23. The van der Waals surface area contributed by atoms with E-state index < -0.39 is 0 Å². The zero-order valence-electron chi connectivity index (χ0n) is 16.1. The average Bonchev–Trinajstić information content (AvgIpc) is 2.72. The minimum absolute atomic E-state index is 0.0843. The van der Waals surface area contributed by atoms with Gasteiger partial charge < -0.3 is 10.1 Å². The Hall–Kier alpha value is -3.67. The first-order valence-electron chi connectivity index (χ1n) is 9.44. The van der Waals surface area contributed by atoms with Crippen molar-refractivity contribution in [3.05, 3.63) is 82.9 Å². The molecular weight excluding hydrogens is 366 g/mol. The topological polar surface area (TPSA) is 73.2 Å². The zero-order valence-corrected chi connectivity index (χ0v) is 16.1. The summed E-state index contributed by atoms with van der Waals surface area (Å²) in [6.45, 7) is 2.62. The summed E-state index contributed by atoms with van der Waals surface area (Å²) >= 11 is 0. The van der Waals surface area contributed by atoms with Crippen molar-refractivity contribution in [2.75, 3.05) is 13.2 Å². The van der Waals surface area contributed by atoms with Gasteiger partial charge in [0.1, 0.15) is 18.9 Å². The number of hydrogen-bond acceptors (Lipinski definition) is 4. The average molecular weight is 387 g/mol. The highest BCUT2D eigenvalue weighted by atomic mass is 16.5. The molecule has 4 aromatic rings. The Kier molecular flexibility index (Phi) is 5.24. The molecular formula is C23H21N3O3. The first-order valence-corrected chi connectivity index (χ1v) is 9.44. The lowest BCUT2D eigenvalue weighted by Gasteiger charge is -2.10. The van der Waals surface area contributed by atoms with Crippen molar-refractivity contribution in [3.63, 3.8) is 0 Å². The SMILES string of the molecule is Cc1cccc(OCCNC(=O)Cn2cnc3cc4ccccc4cc3c2=O)c1. The van der Waals surface area contributed by atoms with Crippen molar-refractivity contribution in [2.45, 2.75) is 13.5 Å². The van der Waals surface area contributed by atoms with Gasteiger partial charge in [0, 0.05) is 0 Å². The largest absolute Gasteiger partial charge is 0.492 e. The van der Waals surface area contributed by atoms with E-state index in [0.29, 0.717) is 24.1 Å². The lowest BCUT2D eigenvalue weighted by Crippen LogP contribution is -2.34. The van der Waals surface area contributed by atoms with Gasteiger partial charge in [-0.25, -0.2) is 4.98 Å². The molecule has 3 aromatic carbocycles. The van der Waals surface area contributed by atoms with E-state index in [1.54, 1.807) is 0 Å². The van der Waals surface area contributed by atoms with Gasteiger partial charge in [-0.1, -0.05) is 36.4 Å². The highest BCUT2D eigenvalue weighted by molar-refractivity contribution is 5.96. The first kappa shape index (κ1) is 18.7. The second kappa shape index (κ2) is 8.14. The van der Waals surface area contributed by atoms with E-state index in [1.165, 1.54) is 10.9 Å². The molecule has 1 aromatic heterocycles. The zero-order chi connectivity index (χ0) is 20.2. The summed E-state index contributed by atoms with van der Waals surface area (Å²) in [7, 11) is 0. The number of aromatic nitrogens is 2. The van der Waals surface area contributed by atoms with Gasteiger partial charge in [0.2, 0.25) is 5.91 Å². The molecule has 29 heavy (non-hydrogen) atoms. The normalized spacial score (nSPS) is 10.9. The molecule has 0 aliphatic carbocycles. The van der Waals surface area contributed by atoms with Gasteiger partial charge in [-0.05, 0) is 47.5 Å². The lowest BCUT2D eigenvalue weighted by atomic mass is 10.1. The summed E-state index contributed by atoms with van der Waals surface area (Å²) in [6.07, 6.45) is 1.42. The minimum Gasteiger partial charge on any atom is -0.492 e. The number of ether oxygens (including phenoxy) is 1. The van der Waals surface area contributed by atoms with Crippen molar-refractivity contribution in [1.82, 2.24) is 14.9 Å². The number of hydrogen-bond donors (Lipinski definition) is 1. The Labute approximate surface area is 167 Å². The van der Waals surface area contributed by atoms with Gasteiger partial charge in [0.05, 0.1) is 23.8 Å². The van der Waals surface area contributed by atoms with Crippen LogP contribution < -0.4 is 15.6 Å². The van der Waals surface area contributed by atoms with E-state index in [2.05, 4.69) is 10.3 Å². The number of nitrogens with zero attached hydrogens (tertiary/aromatic N) is 2. The Bertz CT molecular complexity index is 1250. The predicted molar refractivity (Wildman–Crippen MR) is 113 cm³/mol. The van der Waals surface area contributed by atoms with Crippen LogP contribution in [0.1, 0.15) is 5.56 Å². The first-order chi connectivity index (χ1) is 14.1. The lowest BCUT2D eigenvalue weighted by molar-refractivity contribution is -0.121. The van der Waals surface area contributed by atoms with Crippen molar-refractivity contribution >= 4 is 27.6 Å². The van der Waals surface area contributed by atoms with Crippen molar-refractivity contribution in [1.29, 1.82) is 0 Å². The smallest absolute Gasteiger partial charge is 0.261 e. The monoisotopic (exact) mass is 387 g/mol. The molecule has 0 unspecified atom stereocenters. The van der Waals surface area contributed by atoms with Crippen LogP contribution >= 0.6 is 0 Å².